The Labute approximate surface area is 132 Å². The Kier molecular flexibility index (Phi) is 7.98. The average Bonchev–Trinajstić information content (AvgIpc) is 2.33. The quantitative estimate of drug-likeness (QED) is 0.760. The monoisotopic (exact) mass is 366 g/mol. The first-order chi connectivity index (χ1) is 9.18. The van der Waals surface area contributed by atoms with E-state index < -0.39 is 31.7 Å². The van der Waals surface area contributed by atoms with Gasteiger partial charge in [-0.3, -0.25) is 0 Å². The Balaban J connectivity index is 0.00000400. The molecule has 0 saturated carbocycles. The lowest BCUT2D eigenvalue weighted by Gasteiger charge is -2.12. The van der Waals surface area contributed by atoms with Gasteiger partial charge in [0.05, 0.1) is 15.5 Å². The van der Waals surface area contributed by atoms with Crippen LogP contribution in [0.5, 0.6) is 0 Å². The molecule has 4 nitrogen and oxygen atoms in total. The van der Waals surface area contributed by atoms with Crippen molar-refractivity contribution in [3.8, 4) is 0 Å². The normalized spacial score (nSPS) is 12.0. The van der Waals surface area contributed by atoms with E-state index in [2.05, 4.69) is 4.72 Å². The number of nitrogens with one attached hydrogen (secondary N) is 1. The van der Waals surface area contributed by atoms with Crippen LogP contribution in [0.25, 0.3) is 0 Å². The molecule has 0 fully saturated rings. The van der Waals surface area contributed by atoms with E-state index in [-0.39, 0.29) is 19.0 Å². The zero-order valence-corrected chi connectivity index (χ0v) is 13.2. The Morgan fingerprint density at radius 1 is 1.24 bits per heavy atom. The van der Waals surface area contributed by atoms with Gasteiger partial charge >= 0.3 is 6.18 Å². The third-order valence-electron chi connectivity index (χ3n) is 2.48. The van der Waals surface area contributed by atoms with Gasteiger partial charge in [-0.25, -0.2) is 13.1 Å². The van der Waals surface area contributed by atoms with E-state index in [1.165, 1.54) is 0 Å². The molecule has 0 aliphatic carbocycles. The summed E-state index contributed by atoms with van der Waals surface area (Å²) in [6.07, 6.45) is -3.57. The first-order valence-corrected chi connectivity index (χ1v) is 7.61. The van der Waals surface area contributed by atoms with Crippen molar-refractivity contribution in [3.05, 3.63) is 28.8 Å². The van der Waals surface area contributed by atoms with Gasteiger partial charge in [0.1, 0.15) is 0 Å². The van der Waals surface area contributed by atoms with Crippen molar-refractivity contribution in [3.63, 3.8) is 0 Å². The zero-order valence-electron chi connectivity index (χ0n) is 10.8. The van der Waals surface area contributed by atoms with E-state index >= 15 is 0 Å². The molecule has 0 spiro atoms. The van der Waals surface area contributed by atoms with Crippen molar-refractivity contribution in [2.75, 3.05) is 13.1 Å². The largest absolute Gasteiger partial charge is 0.417 e. The van der Waals surface area contributed by atoms with Crippen LogP contribution < -0.4 is 10.5 Å². The van der Waals surface area contributed by atoms with E-state index in [4.69, 9.17) is 17.3 Å². The SMILES string of the molecule is Cl.NCCCCNS(=O)(=O)c1ccc(Cl)c(C(F)(F)F)c1. The molecule has 10 heteroatoms. The van der Waals surface area contributed by atoms with Gasteiger partial charge in [0.15, 0.2) is 0 Å². The van der Waals surface area contributed by atoms with Crippen LogP contribution in [0.1, 0.15) is 18.4 Å². The molecule has 1 aromatic rings. The van der Waals surface area contributed by atoms with Crippen molar-refractivity contribution in [2.45, 2.75) is 23.9 Å². The summed E-state index contributed by atoms with van der Waals surface area (Å²) >= 11 is 5.43. The molecule has 1 rings (SSSR count). The van der Waals surface area contributed by atoms with Gasteiger partial charge in [-0.1, -0.05) is 11.6 Å². The summed E-state index contributed by atoms with van der Waals surface area (Å²) < 4.78 is 63.8. The molecular weight excluding hydrogens is 352 g/mol. The van der Waals surface area contributed by atoms with E-state index in [0.717, 1.165) is 12.1 Å². The van der Waals surface area contributed by atoms with Gasteiger partial charge < -0.3 is 5.73 Å². The molecule has 0 atom stereocenters. The standard InChI is InChI=1S/C11H14ClF3N2O2S.ClH/c12-10-4-3-8(7-9(10)11(13,14)15)20(18,19)17-6-2-1-5-16;/h3-4,7,17H,1-2,5-6,16H2;1H. The van der Waals surface area contributed by atoms with E-state index in [1.807, 2.05) is 0 Å². The number of sulfonamides is 1. The molecule has 0 saturated heterocycles. The minimum absolute atomic E-state index is 0. The highest BCUT2D eigenvalue weighted by atomic mass is 35.5. The number of nitrogens with two attached hydrogens (primary N) is 1. The maximum Gasteiger partial charge on any atom is 0.417 e. The summed E-state index contributed by atoms with van der Waals surface area (Å²) in [6.45, 7) is 0.532. The third-order valence-corrected chi connectivity index (χ3v) is 4.26. The summed E-state index contributed by atoms with van der Waals surface area (Å²) in [4.78, 5) is -0.470. The molecule has 0 aliphatic rings. The van der Waals surface area contributed by atoms with E-state index in [0.29, 0.717) is 25.5 Å². The van der Waals surface area contributed by atoms with Crippen molar-refractivity contribution in [1.29, 1.82) is 0 Å². The van der Waals surface area contributed by atoms with Crippen molar-refractivity contribution < 1.29 is 21.6 Å². The summed E-state index contributed by atoms with van der Waals surface area (Å²) in [6, 6.07) is 2.47. The van der Waals surface area contributed by atoms with Gasteiger partial charge in [0.2, 0.25) is 10.0 Å². The predicted molar refractivity (Wildman–Crippen MR) is 77.2 cm³/mol. The van der Waals surface area contributed by atoms with Crippen molar-refractivity contribution in [1.82, 2.24) is 4.72 Å². The molecule has 0 unspecified atom stereocenters. The number of hydrogen-bond acceptors (Lipinski definition) is 3. The number of hydrogen-bond donors (Lipinski definition) is 2. The summed E-state index contributed by atoms with van der Waals surface area (Å²) in [7, 11) is -3.99. The van der Waals surface area contributed by atoms with Crippen LogP contribution in [-0.2, 0) is 16.2 Å². The number of unbranched alkanes of at least 4 members (excludes halogenated alkanes) is 1. The summed E-state index contributed by atoms with van der Waals surface area (Å²) in [5.41, 5.74) is 4.08. The van der Waals surface area contributed by atoms with Gasteiger partial charge in [0, 0.05) is 6.54 Å². The number of rotatable bonds is 6. The minimum atomic E-state index is -4.71. The van der Waals surface area contributed by atoms with E-state index in [1.54, 1.807) is 0 Å². The molecule has 21 heavy (non-hydrogen) atoms. The molecule has 0 heterocycles. The minimum Gasteiger partial charge on any atom is -0.330 e. The highest BCUT2D eigenvalue weighted by Gasteiger charge is 2.34. The number of benzene rings is 1. The highest BCUT2D eigenvalue weighted by Crippen LogP contribution is 2.35. The molecule has 0 amide bonds. The number of halogens is 5. The molecule has 3 N–H and O–H groups in total. The van der Waals surface area contributed by atoms with Gasteiger partial charge in [-0.15, -0.1) is 12.4 Å². The Bertz CT molecular complexity index is 565. The van der Waals surface area contributed by atoms with Crippen LogP contribution in [0.3, 0.4) is 0 Å². The molecule has 0 aromatic heterocycles. The molecule has 1 aromatic carbocycles. The number of alkyl halides is 3. The van der Waals surface area contributed by atoms with Crippen molar-refractivity contribution in [2.24, 2.45) is 5.73 Å². The predicted octanol–water partition coefficient (Wildman–Crippen LogP) is 2.80. The molecule has 0 bridgehead atoms. The maximum absolute atomic E-state index is 12.7. The van der Waals surface area contributed by atoms with Gasteiger partial charge in [-0.2, -0.15) is 13.2 Å². The fourth-order valence-corrected chi connectivity index (χ4v) is 2.77. The zero-order chi connectivity index (χ0) is 15.4. The van der Waals surface area contributed by atoms with Crippen molar-refractivity contribution >= 4 is 34.0 Å². The molecule has 0 aliphatic heterocycles. The highest BCUT2D eigenvalue weighted by molar-refractivity contribution is 7.89. The van der Waals surface area contributed by atoms with Gasteiger partial charge in [0.25, 0.3) is 0 Å². The molecule has 122 valence electrons. The second-order valence-electron chi connectivity index (χ2n) is 4.03. The average molecular weight is 367 g/mol. The van der Waals surface area contributed by atoms with Crippen LogP contribution in [-0.4, -0.2) is 21.5 Å². The molecular formula is C11H15Cl2F3N2O2S. The topological polar surface area (TPSA) is 72.2 Å². The second-order valence-corrected chi connectivity index (χ2v) is 6.21. The van der Waals surface area contributed by atoms with E-state index in [9.17, 15) is 21.6 Å². The molecule has 0 radical (unpaired) electrons. The smallest absolute Gasteiger partial charge is 0.330 e. The van der Waals surface area contributed by atoms with Gasteiger partial charge in [-0.05, 0) is 37.6 Å². The first kappa shape index (κ1) is 20.5. The third kappa shape index (κ3) is 5.99. The lowest BCUT2D eigenvalue weighted by molar-refractivity contribution is -0.137. The summed E-state index contributed by atoms with van der Waals surface area (Å²) in [5, 5.41) is -0.542. The lowest BCUT2D eigenvalue weighted by Crippen LogP contribution is -2.25. The first-order valence-electron chi connectivity index (χ1n) is 5.75. The fraction of sp³-hybridized carbons (Fsp3) is 0.455. The van der Waals surface area contributed by atoms with Crippen LogP contribution >= 0.6 is 24.0 Å². The Morgan fingerprint density at radius 3 is 2.38 bits per heavy atom. The van der Waals surface area contributed by atoms with Crippen LogP contribution in [0, 0.1) is 0 Å². The Hall–Kier alpha value is -0.540. The van der Waals surface area contributed by atoms with Crippen LogP contribution in [0.15, 0.2) is 23.1 Å². The second kappa shape index (κ2) is 8.19. The Morgan fingerprint density at radius 2 is 1.86 bits per heavy atom. The van der Waals surface area contributed by atoms with Crippen LogP contribution in [0.2, 0.25) is 5.02 Å². The summed E-state index contributed by atoms with van der Waals surface area (Å²) in [5.74, 6) is 0. The van der Waals surface area contributed by atoms with Crippen LogP contribution in [0.4, 0.5) is 13.2 Å². The lowest BCUT2D eigenvalue weighted by atomic mass is 10.2. The fourth-order valence-electron chi connectivity index (χ4n) is 1.45. The maximum atomic E-state index is 12.7.